The highest BCUT2D eigenvalue weighted by atomic mass is 16.5. The molecule has 0 bridgehead atoms. The maximum absolute atomic E-state index is 14.1. The average Bonchev–Trinajstić information content (AvgIpc) is 3.74. The molecule has 4 amide bonds. The minimum absolute atomic E-state index is 0.113. The maximum atomic E-state index is 14.1. The molecular weight excluding hydrogens is 604 g/mol. The van der Waals surface area contributed by atoms with Gasteiger partial charge in [0, 0.05) is 31.0 Å². The number of likely N-dealkylation sites (tertiary alicyclic amines) is 1. The first kappa shape index (κ1) is 34.9. The van der Waals surface area contributed by atoms with Crippen LogP contribution in [0.4, 0.5) is 0 Å². The summed E-state index contributed by atoms with van der Waals surface area (Å²) in [4.78, 5) is 54.7. The molecule has 0 aliphatic carbocycles. The van der Waals surface area contributed by atoms with E-state index in [4.69, 9.17) is 15.2 Å². The number of aromatic nitrogens is 3. The minimum atomic E-state index is -1.00. The van der Waals surface area contributed by atoms with E-state index in [2.05, 4.69) is 26.3 Å². The number of methoxy groups -OCH3 is 2. The van der Waals surface area contributed by atoms with E-state index >= 15 is 0 Å². The third-order valence-electron chi connectivity index (χ3n) is 8.40. The zero-order chi connectivity index (χ0) is 34.2. The van der Waals surface area contributed by atoms with Gasteiger partial charge in [-0.2, -0.15) is 0 Å². The third-order valence-corrected chi connectivity index (χ3v) is 8.40. The van der Waals surface area contributed by atoms with Gasteiger partial charge >= 0.3 is 0 Å². The number of rotatable bonds is 14. The second-order valence-electron chi connectivity index (χ2n) is 12.0. The SMILES string of the molecule is CN[C@@H](C)C(=O)N[C@H](C(=O)N1C[C@@H](n2cc(-c3cc(OC)cc(OC)c3)nn2)C[C@H]1C(=O)N[C@@H](Cc1ccccc1)C(N)=O)C(C)C. The Hall–Kier alpha value is -4.98. The third kappa shape index (κ3) is 8.44. The summed E-state index contributed by atoms with van der Waals surface area (Å²) in [6.45, 7) is 5.45. The summed E-state index contributed by atoms with van der Waals surface area (Å²) in [5, 5.41) is 17.2. The topological polar surface area (TPSA) is 183 Å². The van der Waals surface area contributed by atoms with Gasteiger partial charge in [-0.1, -0.05) is 49.4 Å². The molecule has 47 heavy (non-hydrogen) atoms. The maximum Gasteiger partial charge on any atom is 0.246 e. The molecule has 5 N–H and O–H groups in total. The van der Waals surface area contributed by atoms with Gasteiger partial charge in [-0.15, -0.1) is 5.10 Å². The second kappa shape index (κ2) is 15.5. The zero-order valence-corrected chi connectivity index (χ0v) is 27.6. The molecule has 1 aromatic heterocycles. The Morgan fingerprint density at radius 1 is 1.00 bits per heavy atom. The molecule has 2 heterocycles. The molecule has 4 rings (SSSR count). The summed E-state index contributed by atoms with van der Waals surface area (Å²) in [7, 11) is 4.76. The van der Waals surface area contributed by atoms with Crippen molar-refractivity contribution in [3.8, 4) is 22.8 Å². The van der Waals surface area contributed by atoms with Gasteiger partial charge in [-0.3, -0.25) is 19.2 Å². The van der Waals surface area contributed by atoms with Gasteiger partial charge in [-0.05, 0) is 37.6 Å². The highest BCUT2D eigenvalue weighted by Crippen LogP contribution is 2.32. The molecule has 0 unspecified atom stereocenters. The Bertz CT molecular complexity index is 1540. The van der Waals surface area contributed by atoms with Crippen molar-refractivity contribution >= 4 is 23.6 Å². The number of hydrogen-bond acceptors (Lipinski definition) is 9. The van der Waals surface area contributed by atoms with Crippen molar-refractivity contribution in [3.63, 3.8) is 0 Å². The van der Waals surface area contributed by atoms with E-state index in [0.29, 0.717) is 22.8 Å². The van der Waals surface area contributed by atoms with Gasteiger partial charge in [0.15, 0.2) is 0 Å². The standard InChI is InChI=1S/C33H44N8O6/c1-19(2)29(37-31(43)20(3)35-4)33(45)40-17-23(41-18-27(38-39-41)22-13-24(46-5)16-25(14-22)47-6)15-28(40)32(44)36-26(30(34)42)12-21-10-8-7-9-11-21/h7-11,13-14,16,18-20,23,26,28-29,35H,12,15,17H2,1-6H3,(H2,34,42)(H,36,44)(H,37,43)/t20-,23-,26-,28-,29-/m0/s1. The lowest BCUT2D eigenvalue weighted by Gasteiger charge is -2.31. The van der Waals surface area contributed by atoms with Crippen LogP contribution in [0.5, 0.6) is 11.5 Å². The number of nitrogens with one attached hydrogen (secondary N) is 3. The summed E-state index contributed by atoms with van der Waals surface area (Å²) < 4.78 is 12.4. The molecule has 5 atom stereocenters. The lowest BCUT2D eigenvalue weighted by atomic mass is 10.0. The Morgan fingerprint density at radius 3 is 2.23 bits per heavy atom. The molecule has 14 nitrogen and oxygen atoms in total. The molecule has 2 aromatic carbocycles. The number of likely N-dealkylation sites (N-methyl/N-ethyl adjacent to an activating group) is 1. The summed E-state index contributed by atoms with van der Waals surface area (Å²) in [5.74, 6) is -1.11. The van der Waals surface area contributed by atoms with Crippen molar-refractivity contribution in [1.29, 1.82) is 0 Å². The molecule has 1 fully saturated rings. The highest BCUT2D eigenvalue weighted by Gasteiger charge is 2.44. The van der Waals surface area contributed by atoms with Gasteiger partial charge < -0.3 is 36.1 Å². The van der Waals surface area contributed by atoms with E-state index in [1.54, 1.807) is 57.3 Å². The first-order valence-electron chi connectivity index (χ1n) is 15.5. The van der Waals surface area contributed by atoms with Gasteiger partial charge in [-0.25, -0.2) is 4.68 Å². The van der Waals surface area contributed by atoms with Gasteiger partial charge in [0.2, 0.25) is 23.6 Å². The molecule has 1 aliphatic heterocycles. The molecule has 1 aliphatic rings. The number of carbonyl (C=O) groups is 4. The summed E-state index contributed by atoms with van der Waals surface area (Å²) in [6.07, 6.45) is 2.11. The van der Waals surface area contributed by atoms with E-state index < -0.39 is 47.9 Å². The van der Waals surface area contributed by atoms with Crippen LogP contribution >= 0.6 is 0 Å². The van der Waals surface area contributed by atoms with E-state index in [0.717, 1.165) is 5.56 Å². The van der Waals surface area contributed by atoms with Crippen LogP contribution in [0.25, 0.3) is 11.3 Å². The summed E-state index contributed by atoms with van der Waals surface area (Å²) in [6, 6.07) is 10.7. The Morgan fingerprint density at radius 2 is 1.66 bits per heavy atom. The molecule has 252 valence electrons. The van der Waals surface area contributed by atoms with Gasteiger partial charge in [0.25, 0.3) is 0 Å². The van der Waals surface area contributed by atoms with E-state index in [1.807, 2.05) is 44.2 Å². The molecule has 14 heteroatoms. The fraction of sp³-hybridized carbons (Fsp3) is 0.455. The largest absolute Gasteiger partial charge is 0.497 e. The van der Waals surface area contributed by atoms with Crippen LogP contribution in [-0.4, -0.2) is 95.5 Å². The number of hydrogen-bond donors (Lipinski definition) is 4. The van der Waals surface area contributed by atoms with Crippen LogP contribution in [-0.2, 0) is 25.6 Å². The number of ether oxygens (including phenoxy) is 2. The first-order chi connectivity index (χ1) is 22.4. The fourth-order valence-electron chi connectivity index (χ4n) is 5.48. The van der Waals surface area contributed by atoms with Crippen molar-refractivity contribution < 1.29 is 28.7 Å². The van der Waals surface area contributed by atoms with E-state index in [-0.39, 0.29) is 31.2 Å². The minimum Gasteiger partial charge on any atom is -0.497 e. The molecular formula is C33H44N8O6. The van der Waals surface area contributed by atoms with E-state index in [9.17, 15) is 19.2 Å². The van der Waals surface area contributed by atoms with Crippen molar-refractivity contribution in [2.24, 2.45) is 11.7 Å². The van der Waals surface area contributed by atoms with Crippen LogP contribution in [0, 0.1) is 5.92 Å². The Labute approximate surface area is 274 Å². The summed E-state index contributed by atoms with van der Waals surface area (Å²) >= 11 is 0. The van der Waals surface area contributed by atoms with Crippen LogP contribution in [0.1, 0.15) is 38.8 Å². The van der Waals surface area contributed by atoms with Crippen LogP contribution in [0.2, 0.25) is 0 Å². The number of nitrogens with zero attached hydrogens (tertiary/aromatic N) is 4. The zero-order valence-electron chi connectivity index (χ0n) is 27.6. The molecule has 1 saturated heterocycles. The molecule has 0 saturated carbocycles. The van der Waals surface area contributed by atoms with Crippen molar-refractivity contribution in [3.05, 3.63) is 60.3 Å². The number of carbonyl (C=O) groups excluding carboxylic acids is 4. The smallest absolute Gasteiger partial charge is 0.246 e. The van der Waals surface area contributed by atoms with Gasteiger partial charge in [0.05, 0.1) is 32.5 Å². The number of benzene rings is 2. The summed E-state index contributed by atoms with van der Waals surface area (Å²) in [5.41, 5.74) is 7.77. The van der Waals surface area contributed by atoms with Gasteiger partial charge in [0.1, 0.15) is 35.3 Å². The van der Waals surface area contributed by atoms with E-state index in [1.165, 1.54) is 4.90 Å². The van der Waals surface area contributed by atoms with Crippen LogP contribution in [0.15, 0.2) is 54.7 Å². The monoisotopic (exact) mass is 648 g/mol. The second-order valence-corrected chi connectivity index (χ2v) is 12.0. The quantitative estimate of drug-likeness (QED) is 0.199. The molecule has 0 radical (unpaired) electrons. The normalized spacial score (nSPS) is 17.9. The predicted molar refractivity (Wildman–Crippen MR) is 174 cm³/mol. The Kier molecular flexibility index (Phi) is 11.5. The lowest BCUT2D eigenvalue weighted by Crippen LogP contribution is -2.58. The average molecular weight is 649 g/mol. The van der Waals surface area contributed by atoms with Crippen molar-refractivity contribution in [2.75, 3.05) is 27.8 Å². The number of amides is 4. The van der Waals surface area contributed by atoms with Crippen LogP contribution in [0.3, 0.4) is 0 Å². The Balaban J connectivity index is 1.64. The van der Waals surface area contributed by atoms with Crippen LogP contribution < -0.4 is 31.2 Å². The number of nitrogens with two attached hydrogens (primary N) is 1. The predicted octanol–water partition coefficient (Wildman–Crippen LogP) is 1.07. The lowest BCUT2D eigenvalue weighted by molar-refractivity contribution is -0.143. The van der Waals surface area contributed by atoms with Crippen molar-refractivity contribution in [1.82, 2.24) is 35.8 Å². The van der Waals surface area contributed by atoms with Crippen molar-refractivity contribution in [2.45, 2.75) is 63.8 Å². The number of primary amides is 1. The fourth-order valence-corrected chi connectivity index (χ4v) is 5.48. The highest BCUT2D eigenvalue weighted by molar-refractivity contribution is 5.95. The molecule has 3 aromatic rings. The molecule has 0 spiro atoms. The first-order valence-corrected chi connectivity index (χ1v) is 15.5.